The first-order valence-electron chi connectivity index (χ1n) is 8.41. The van der Waals surface area contributed by atoms with E-state index in [1.54, 1.807) is 12.1 Å². The van der Waals surface area contributed by atoms with Crippen LogP contribution >= 0.6 is 0 Å². The Labute approximate surface area is 140 Å². The highest BCUT2D eigenvalue weighted by molar-refractivity contribution is 5.36. The third-order valence-electron chi connectivity index (χ3n) is 3.75. The van der Waals surface area contributed by atoms with Crippen LogP contribution in [0.4, 0.5) is 0 Å². The number of aryl methyl sites for hydroxylation is 1. The zero-order valence-corrected chi connectivity index (χ0v) is 14.8. The summed E-state index contributed by atoms with van der Waals surface area (Å²) in [5.74, 6) is 0.827. The van der Waals surface area contributed by atoms with Gasteiger partial charge in [0.2, 0.25) is 0 Å². The summed E-state index contributed by atoms with van der Waals surface area (Å²) in [5, 5.41) is 18.9. The Bertz CT molecular complexity index is 582. The Morgan fingerprint density at radius 2 is 1.35 bits per heavy atom. The minimum absolute atomic E-state index is 0.0331. The van der Waals surface area contributed by atoms with E-state index in [1.165, 1.54) is 19.3 Å². The summed E-state index contributed by atoms with van der Waals surface area (Å²) >= 11 is 0. The number of aromatic hydroxyl groups is 2. The summed E-state index contributed by atoms with van der Waals surface area (Å²) in [6, 6.07) is 15.0. The molecule has 0 aromatic heterocycles. The zero-order chi connectivity index (χ0) is 17.3. The van der Waals surface area contributed by atoms with E-state index < -0.39 is 0 Å². The minimum atomic E-state index is 0.0331. The fourth-order valence-corrected chi connectivity index (χ4v) is 2.40. The summed E-state index contributed by atoms with van der Waals surface area (Å²) in [5.41, 5.74) is 2.11. The molecule has 0 fully saturated rings. The van der Waals surface area contributed by atoms with Gasteiger partial charge in [0.1, 0.15) is 11.5 Å². The lowest BCUT2D eigenvalue weighted by molar-refractivity contribution is 0.447. The molecule has 23 heavy (non-hydrogen) atoms. The first-order chi connectivity index (χ1) is 10.9. The van der Waals surface area contributed by atoms with E-state index in [9.17, 15) is 10.2 Å². The van der Waals surface area contributed by atoms with Crippen molar-refractivity contribution in [2.45, 2.75) is 58.8 Å². The Hall–Kier alpha value is -1.96. The zero-order valence-electron chi connectivity index (χ0n) is 14.8. The van der Waals surface area contributed by atoms with Gasteiger partial charge in [0.05, 0.1) is 0 Å². The van der Waals surface area contributed by atoms with Gasteiger partial charge in [0.25, 0.3) is 0 Å². The van der Waals surface area contributed by atoms with Gasteiger partial charge in [-0.25, -0.2) is 0 Å². The third kappa shape index (κ3) is 6.77. The van der Waals surface area contributed by atoms with Crippen molar-refractivity contribution in [2.75, 3.05) is 0 Å². The van der Waals surface area contributed by atoms with Crippen LogP contribution in [-0.2, 0) is 11.8 Å². The Morgan fingerprint density at radius 3 is 1.83 bits per heavy atom. The molecule has 2 heteroatoms. The van der Waals surface area contributed by atoms with Crippen LogP contribution in [0.25, 0.3) is 0 Å². The van der Waals surface area contributed by atoms with Crippen molar-refractivity contribution in [3.63, 3.8) is 0 Å². The number of hydrogen-bond acceptors (Lipinski definition) is 2. The lowest BCUT2D eigenvalue weighted by Crippen LogP contribution is -2.10. The normalized spacial score (nSPS) is 10.8. The van der Waals surface area contributed by atoms with Crippen molar-refractivity contribution in [3.8, 4) is 11.5 Å². The van der Waals surface area contributed by atoms with Crippen molar-refractivity contribution >= 4 is 0 Å². The van der Waals surface area contributed by atoms with Gasteiger partial charge in [0, 0.05) is 0 Å². The molecule has 2 aromatic rings. The van der Waals surface area contributed by atoms with Gasteiger partial charge in [0.15, 0.2) is 0 Å². The van der Waals surface area contributed by atoms with Gasteiger partial charge in [-0.15, -0.1) is 0 Å². The summed E-state index contributed by atoms with van der Waals surface area (Å²) < 4.78 is 0. The largest absolute Gasteiger partial charge is 0.508 e. The molecule has 0 atom stereocenters. The predicted molar refractivity (Wildman–Crippen MR) is 98.1 cm³/mol. The van der Waals surface area contributed by atoms with Gasteiger partial charge < -0.3 is 10.2 Å². The number of hydrogen-bond donors (Lipinski definition) is 2. The van der Waals surface area contributed by atoms with Crippen molar-refractivity contribution in [3.05, 3.63) is 59.7 Å². The molecule has 0 spiro atoms. The van der Waals surface area contributed by atoms with E-state index in [-0.39, 0.29) is 5.41 Å². The second kappa shape index (κ2) is 9.24. The fourth-order valence-electron chi connectivity index (χ4n) is 2.40. The Morgan fingerprint density at radius 1 is 0.783 bits per heavy atom. The Kier molecular flexibility index (Phi) is 7.67. The van der Waals surface area contributed by atoms with E-state index in [0.29, 0.717) is 11.5 Å². The van der Waals surface area contributed by atoms with E-state index >= 15 is 0 Å². The number of para-hydroxylation sites is 2. The summed E-state index contributed by atoms with van der Waals surface area (Å²) in [6.07, 6.45) is 4.65. The molecule has 0 bridgehead atoms. The molecule has 0 unspecified atom stereocenters. The van der Waals surface area contributed by atoms with Crippen LogP contribution in [0.3, 0.4) is 0 Å². The summed E-state index contributed by atoms with van der Waals surface area (Å²) in [7, 11) is 0. The molecule has 0 aliphatic heterocycles. The van der Waals surface area contributed by atoms with Gasteiger partial charge in [-0.05, 0) is 41.5 Å². The maximum absolute atomic E-state index is 9.45. The molecule has 2 nitrogen and oxygen atoms in total. The van der Waals surface area contributed by atoms with E-state index in [0.717, 1.165) is 17.5 Å². The lowest BCUT2D eigenvalue weighted by Gasteiger charge is -2.19. The number of benzene rings is 2. The van der Waals surface area contributed by atoms with Crippen LogP contribution in [0.5, 0.6) is 11.5 Å². The molecule has 0 aliphatic carbocycles. The van der Waals surface area contributed by atoms with Crippen LogP contribution in [-0.4, -0.2) is 10.2 Å². The second-order valence-electron chi connectivity index (χ2n) is 6.85. The van der Waals surface area contributed by atoms with Gasteiger partial charge in [-0.1, -0.05) is 76.9 Å². The van der Waals surface area contributed by atoms with Crippen LogP contribution < -0.4 is 0 Å². The molecule has 2 aromatic carbocycles. The maximum Gasteiger partial charge on any atom is 0.119 e. The molecular formula is C21H30O2. The van der Waals surface area contributed by atoms with Crippen LogP contribution in [0.2, 0.25) is 0 Å². The molecule has 2 rings (SSSR count). The number of rotatable bonds is 4. The van der Waals surface area contributed by atoms with E-state index in [2.05, 4.69) is 27.7 Å². The highest BCUT2D eigenvalue weighted by Gasteiger charge is 2.16. The van der Waals surface area contributed by atoms with Gasteiger partial charge in [-0.3, -0.25) is 0 Å². The number of unbranched alkanes of at least 4 members (excludes halogenated alkanes) is 2. The highest BCUT2D eigenvalue weighted by atomic mass is 16.3. The van der Waals surface area contributed by atoms with Crippen molar-refractivity contribution in [2.24, 2.45) is 0 Å². The molecule has 0 radical (unpaired) electrons. The Balaban J connectivity index is 0.000000231. The van der Waals surface area contributed by atoms with Crippen molar-refractivity contribution in [1.29, 1.82) is 0 Å². The quantitative estimate of drug-likeness (QED) is 0.699. The summed E-state index contributed by atoms with van der Waals surface area (Å²) in [6.45, 7) is 8.44. The predicted octanol–water partition coefficient (Wildman–Crippen LogP) is 5.81. The first kappa shape index (κ1) is 19.1. The fraction of sp³-hybridized carbons (Fsp3) is 0.429. The molecule has 0 aliphatic rings. The van der Waals surface area contributed by atoms with Gasteiger partial charge >= 0.3 is 0 Å². The molecule has 0 amide bonds. The van der Waals surface area contributed by atoms with Gasteiger partial charge in [-0.2, -0.15) is 0 Å². The second-order valence-corrected chi connectivity index (χ2v) is 6.85. The highest BCUT2D eigenvalue weighted by Crippen LogP contribution is 2.29. The van der Waals surface area contributed by atoms with Crippen molar-refractivity contribution < 1.29 is 10.2 Å². The monoisotopic (exact) mass is 314 g/mol. The molecule has 2 N–H and O–H groups in total. The first-order valence-corrected chi connectivity index (χ1v) is 8.41. The molecular weight excluding hydrogens is 284 g/mol. The maximum atomic E-state index is 9.45. The smallest absolute Gasteiger partial charge is 0.119 e. The molecule has 0 saturated carbocycles. The molecule has 126 valence electrons. The van der Waals surface area contributed by atoms with Crippen LogP contribution in [0.15, 0.2) is 48.5 Å². The topological polar surface area (TPSA) is 40.5 Å². The van der Waals surface area contributed by atoms with Crippen LogP contribution in [0, 0.1) is 0 Å². The molecule has 0 saturated heterocycles. The summed E-state index contributed by atoms with van der Waals surface area (Å²) in [4.78, 5) is 0. The number of phenols is 2. The average molecular weight is 314 g/mol. The standard InChI is InChI=1S/C11H16O.C10H14O/c1-2-3-4-7-10-8-5-6-9-11(10)12;1-10(2,3)8-6-4-5-7-9(8)11/h5-6,8-9,12H,2-4,7H2,1H3;4-7,11H,1-3H3. The minimum Gasteiger partial charge on any atom is -0.508 e. The average Bonchev–Trinajstić information content (AvgIpc) is 2.49. The van der Waals surface area contributed by atoms with E-state index in [4.69, 9.17) is 0 Å². The van der Waals surface area contributed by atoms with Crippen molar-refractivity contribution in [1.82, 2.24) is 0 Å². The van der Waals surface area contributed by atoms with E-state index in [1.807, 2.05) is 36.4 Å². The SMILES string of the molecule is CC(C)(C)c1ccccc1O.CCCCCc1ccccc1O. The lowest BCUT2D eigenvalue weighted by atomic mass is 9.86. The number of phenolic OH excluding ortho intramolecular Hbond substituents is 2. The third-order valence-corrected chi connectivity index (χ3v) is 3.75. The van der Waals surface area contributed by atoms with Crippen LogP contribution in [0.1, 0.15) is 58.1 Å². The molecule has 0 heterocycles.